The monoisotopic (exact) mass is 231 g/mol. The van der Waals surface area contributed by atoms with E-state index in [1.54, 1.807) is 0 Å². The lowest BCUT2D eigenvalue weighted by Crippen LogP contribution is -1.95. The maximum atomic E-state index is 10.9. The number of aromatic nitrogens is 1. The lowest BCUT2D eigenvalue weighted by Gasteiger charge is -2.03. The third-order valence-corrected chi connectivity index (χ3v) is 2.41. The predicted molar refractivity (Wildman–Crippen MR) is 63.0 cm³/mol. The largest absolute Gasteiger partial charge is 0.474 e. The van der Waals surface area contributed by atoms with Crippen molar-refractivity contribution in [1.29, 1.82) is 0 Å². The van der Waals surface area contributed by atoms with Crippen molar-refractivity contribution in [3.05, 3.63) is 42.0 Å². The fraction of sp³-hybridized carbons (Fsp3) is 0.231. The molecule has 2 rings (SSSR count). The van der Waals surface area contributed by atoms with Crippen LogP contribution in [-0.2, 0) is 0 Å². The van der Waals surface area contributed by atoms with E-state index in [0.717, 1.165) is 5.56 Å². The van der Waals surface area contributed by atoms with E-state index in [-0.39, 0.29) is 11.8 Å². The molecule has 4 heteroatoms. The Morgan fingerprint density at radius 2 is 1.94 bits per heavy atom. The van der Waals surface area contributed by atoms with Gasteiger partial charge >= 0.3 is 11.9 Å². The molecule has 0 unspecified atom stereocenters. The number of carboxylic acid groups (broad SMARTS) is 1. The Balaban J connectivity index is 2.56. The fourth-order valence-electron chi connectivity index (χ4n) is 1.62. The summed E-state index contributed by atoms with van der Waals surface area (Å²) in [5.41, 5.74) is 1.48. The summed E-state index contributed by atoms with van der Waals surface area (Å²) in [5, 5.41) is 8.90. The van der Waals surface area contributed by atoms with Gasteiger partial charge in [-0.1, -0.05) is 44.2 Å². The van der Waals surface area contributed by atoms with E-state index in [1.807, 2.05) is 44.2 Å². The highest BCUT2D eigenvalue weighted by Gasteiger charge is 2.20. The number of benzene rings is 1. The maximum absolute atomic E-state index is 10.9. The Morgan fingerprint density at radius 1 is 1.29 bits per heavy atom. The first kappa shape index (κ1) is 11.4. The Bertz CT molecular complexity index is 529. The third kappa shape index (κ3) is 2.20. The summed E-state index contributed by atoms with van der Waals surface area (Å²) in [6.07, 6.45) is 0. The van der Waals surface area contributed by atoms with Crippen molar-refractivity contribution in [3.8, 4) is 11.3 Å². The van der Waals surface area contributed by atoms with Gasteiger partial charge in [-0.2, -0.15) is 0 Å². The number of carboxylic acids is 1. The molecule has 0 radical (unpaired) electrons. The number of nitrogens with zero attached hydrogens (tertiary/aromatic N) is 1. The molecule has 1 heterocycles. The van der Waals surface area contributed by atoms with Crippen LogP contribution in [0.25, 0.3) is 11.3 Å². The molecule has 0 fully saturated rings. The first-order valence-electron chi connectivity index (χ1n) is 5.39. The van der Waals surface area contributed by atoms with E-state index in [2.05, 4.69) is 4.98 Å². The number of oxazole rings is 1. The zero-order valence-electron chi connectivity index (χ0n) is 9.68. The van der Waals surface area contributed by atoms with Gasteiger partial charge in [0.15, 0.2) is 0 Å². The van der Waals surface area contributed by atoms with Gasteiger partial charge in [0, 0.05) is 11.5 Å². The zero-order chi connectivity index (χ0) is 12.4. The second-order valence-electron chi connectivity index (χ2n) is 4.06. The van der Waals surface area contributed by atoms with E-state index in [9.17, 15) is 4.79 Å². The Labute approximate surface area is 98.9 Å². The van der Waals surface area contributed by atoms with E-state index >= 15 is 0 Å². The summed E-state index contributed by atoms with van der Waals surface area (Å²) in [6, 6.07) is 9.44. The highest BCUT2D eigenvalue weighted by molar-refractivity contribution is 5.83. The molecule has 0 atom stereocenters. The highest BCUT2D eigenvalue weighted by atomic mass is 16.4. The first-order chi connectivity index (χ1) is 8.09. The second kappa shape index (κ2) is 4.41. The van der Waals surface area contributed by atoms with Gasteiger partial charge in [-0.05, 0) is 0 Å². The van der Waals surface area contributed by atoms with Crippen molar-refractivity contribution in [2.75, 3.05) is 0 Å². The van der Waals surface area contributed by atoms with Crippen LogP contribution in [-0.4, -0.2) is 16.1 Å². The molecule has 0 amide bonds. The van der Waals surface area contributed by atoms with Crippen LogP contribution < -0.4 is 0 Å². The molecule has 0 aliphatic heterocycles. The topological polar surface area (TPSA) is 63.3 Å². The lowest BCUT2D eigenvalue weighted by atomic mass is 10.0. The third-order valence-electron chi connectivity index (χ3n) is 2.41. The van der Waals surface area contributed by atoms with Gasteiger partial charge in [0.05, 0.1) is 0 Å². The van der Waals surface area contributed by atoms with Crippen LogP contribution in [0.3, 0.4) is 0 Å². The van der Waals surface area contributed by atoms with Crippen molar-refractivity contribution in [1.82, 2.24) is 4.98 Å². The molecule has 0 saturated heterocycles. The summed E-state index contributed by atoms with van der Waals surface area (Å²) in [5.74, 6) is -0.707. The molecule has 1 N–H and O–H groups in total. The summed E-state index contributed by atoms with van der Waals surface area (Å²) in [6.45, 7) is 3.89. The maximum Gasteiger partial charge on any atom is 0.392 e. The summed E-state index contributed by atoms with van der Waals surface area (Å²) < 4.78 is 5.28. The molecule has 0 saturated carbocycles. The molecule has 1 aromatic carbocycles. The van der Waals surface area contributed by atoms with Crippen molar-refractivity contribution in [2.24, 2.45) is 0 Å². The summed E-state index contributed by atoms with van der Waals surface area (Å²) in [4.78, 5) is 14.9. The van der Waals surface area contributed by atoms with Crippen LogP contribution >= 0.6 is 0 Å². The lowest BCUT2D eigenvalue weighted by molar-refractivity contribution is 0.0651. The molecule has 1 aromatic heterocycles. The van der Waals surface area contributed by atoms with Crippen LogP contribution in [0.1, 0.15) is 36.2 Å². The number of hydrogen-bond donors (Lipinski definition) is 1. The molecule has 0 bridgehead atoms. The first-order valence-corrected chi connectivity index (χ1v) is 5.39. The van der Waals surface area contributed by atoms with E-state index in [1.165, 1.54) is 0 Å². The molecule has 4 nitrogen and oxygen atoms in total. The number of rotatable bonds is 3. The minimum absolute atomic E-state index is 0.0887. The van der Waals surface area contributed by atoms with Crippen molar-refractivity contribution < 1.29 is 14.3 Å². The fourth-order valence-corrected chi connectivity index (χ4v) is 1.62. The predicted octanol–water partition coefficient (Wildman–Crippen LogP) is 3.16. The van der Waals surface area contributed by atoms with Crippen molar-refractivity contribution in [3.63, 3.8) is 0 Å². The van der Waals surface area contributed by atoms with Gasteiger partial charge in [-0.15, -0.1) is 0 Å². The van der Waals surface area contributed by atoms with Crippen LogP contribution in [0.5, 0.6) is 0 Å². The average molecular weight is 231 g/mol. The van der Waals surface area contributed by atoms with Gasteiger partial charge in [-0.3, -0.25) is 0 Å². The van der Waals surface area contributed by atoms with Crippen LogP contribution in [0.4, 0.5) is 0 Å². The van der Waals surface area contributed by atoms with Crippen molar-refractivity contribution >= 4 is 5.97 Å². The van der Waals surface area contributed by atoms with Gasteiger partial charge in [0.1, 0.15) is 11.5 Å². The number of carbonyl (C=O) groups is 1. The van der Waals surface area contributed by atoms with Crippen molar-refractivity contribution in [2.45, 2.75) is 19.8 Å². The second-order valence-corrected chi connectivity index (χ2v) is 4.06. The molecule has 17 heavy (non-hydrogen) atoms. The van der Waals surface area contributed by atoms with E-state index in [4.69, 9.17) is 9.52 Å². The highest BCUT2D eigenvalue weighted by Crippen LogP contribution is 2.29. The summed E-state index contributed by atoms with van der Waals surface area (Å²) >= 11 is 0. The van der Waals surface area contributed by atoms with Gasteiger partial charge in [-0.25, -0.2) is 9.78 Å². The summed E-state index contributed by atoms with van der Waals surface area (Å²) in [7, 11) is 0. The molecule has 0 aliphatic rings. The zero-order valence-corrected chi connectivity index (χ0v) is 9.68. The Morgan fingerprint density at radius 3 is 2.47 bits per heavy atom. The number of aromatic carboxylic acids is 1. The molecule has 0 aliphatic carbocycles. The standard InChI is InChI=1S/C13H13NO3/c1-8(2)11-10(9-6-4-3-5-7-9)14-12(17-11)13(15)16/h3-8H,1-2H3,(H,15,16). The molecule has 88 valence electrons. The molecule has 0 spiro atoms. The molecular formula is C13H13NO3. The van der Waals surface area contributed by atoms with Crippen LogP contribution in [0.2, 0.25) is 0 Å². The van der Waals surface area contributed by atoms with E-state index < -0.39 is 5.97 Å². The Hall–Kier alpha value is -2.10. The van der Waals surface area contributed by atoms with E-state index in [0.29, 0.717) is 11.5 Å². The normalized spacial score (nSPS) is 10.8. The Kier molecular flexibility index (Phi) is 2.95. The SMILES string of the molecule is CC(C)c1oc(C(=O)O)nc1-c1ccccc1. The molecule has 2 aromatic rings. The molecular weight excluding hydrogens is 218 g/mol. The van der Waals surface area contributed by atoms with Crippen LogP contribution in [0, 0.1) is 0 Å². The van der Waals surface area contributed by atoms with Gasteiger partial charge < -0.3 is 9.52 Å². The minimum Gasteiger partial charge on any atom is -0.474 e. The van der Waals surface area contributed by atoms with Gasteiger partial charge in [0.2, 0.25) is 0 Å². The average Bonchev–Trinajstić information content (AvgIpc) is 2.75. The number of hydrogen-bond acceptors (Lipinski definition) is 3. The minimum atomic E-state index is -1.14. The van der Waals surface area contributed by atoms with Crippen LogP contribution in [0.15, 0.2) is 34.7 Å². The quantitative estimate of drug-likeness (QED) is 0.881. The smallest absolute Gasteiger partial charge is 0.392 e. The van der Waals surface area contributed by atoms with Gasteiger partial charge in [0.25, 0.3) is 0 Å².